The van der Waals surface area contributed by atoms with Crippen LogP contribution < -0.4 is 5.32 Å². The van der Waals surface area contributed by atoms with Crippen molar-refractivity contribution in [3.8, 4) is 0 Å². The van der Waals surface area contributed by atoms with E-state index in [0.717, 1.165) is 0 Å². The number of carboxylic acid groups (broad SMARTS) is 1. The smallest absolute Gasteiger partial charge is 0.320 e. The third kappa shape index (κ3) is 3.06. The lowest BCUT2D eigenvalue weighted by atomic mass is 10.0. The number of benzene rings is 1. The topological polar surface area (TPSA) is 49.3 Å². The molecule has 0 fully saturated rings. The molecule has 82 valence electrons. The first-order valence-corrected chi connectivity index (χ1v) is 5.03. The summed E-state index contributed by atoms with van der Waals surface area (Å²) in [6, 6.07) is 5.57. The second kappa shape index (κ2) is 4.94. The highest BCUT2D eigenvalue weighted by Crippen LogP contribution is 2.12. The molecule has 1 atom stereocenters. The molecule has 0 unspecified atom stereocenters. The lowest BCUT2D eigenvalue weighted by molar-refractivity contribution is -0.139. The van der Waals surface area contributed by atoms with E-state index in [1.165, 1.54) is 16.7 Å². The fourth-order valence-corrected chi connectivity index (χ4v) is 1.47. The van der Waals surface area contributed by atoms with E-state index >= 15 is 0 Å². The first kappa shape index (κ1) is 11.7. The number of rotatable bonds is 4. The van der Waals surface area contributed by atoms with Crippen molar-refractivity contribution in [3.05, 3.63) is 34.9 Å². The van der Waals surface area contributed by atoms with Crippen molar-refractivity contribution in [2.75, 3.05) is 0 Å². The lowest BCUT2D eigenvalue weighted by Gasteiger charge is -2.13. The van der Waals surface area contributed by atoms with Gasteiger partial charge < -0.3 is 10.4 Å². The average molecular weight is 207 g/mol. The van der Waals surface area contributed by atoms with Crippen molar-refractivity contribution in [2.24, 2.45) is 0 Å². The van der Waals surface area contributed by atoms with Gasteiger partial charge in [-0.25, -0.2) is 0 Å². The Morgan fingerprint density at radius 2 is 1.93 bits per heavy atom. The predicted octanol–water partition coefficient (Wildman–Crippen LogP) is 1.87. The molecule has 0 bridgehead atoms. The van der Waals surface area contributed by atoms with Crippen LogP contribution in [0.5, 0.6) is 0 Å². The molecule has 0 amide bonds. The summed E-state index contributed by atoms with van der Waals surface area (Å²) < 4.78 is 0. The Kier molecular flexibility index (Phi) is 3.86. The summed E-state index contributed by atoms with van der Waals surface area (Å²) in [5.74, 6) is -0.818. The van der Waals surface area contributed by atoms with Gasteiger partial charge in [0.1, 0.15) is 6.04 Å². The van der Waals surface area contributed by atoms with Gasteiger partial charge in [0.2, 0.25) is 0 Å². The lowest BCUT2D eigenvalue weighted by Crippen LogP contribution is -2.33. The predicted molar refractivity (Wildman–Crippen MR) is 59.9 cm³/mol. The van der Waals surface area contributed by atoms with Crippen LogP contribution >= 0.6 is 0 Å². The Morgan fingerprint density at radius 1 is 1.40 bits per heavy atom. The molecule has 0 aliphatic heterocycles. The summed E-state index contributed by atoms with van der Waals surface area (Å²) in [5.41, 5.74) is 3.57. The SMILES string of the molecule is Cc1cccc(C)c1CN[C@H](C)C(=O)O. The summed E-state index contributed by atoms with van der Waals surface area (Å²) in [6.45, 7) is 6.33. The van der Waals surface area contributed by atoms with Crippen LogP contribution in [0.15, 0.2) is 18.2 Å². The molecule has 1 rings (SSSR count). The standard InChI is InChI=1S/C12H17NO2/c1-8-5-4-6-9(2)11(8)7-13-10(3)12(14)15/h4-6,10,13H,7H2,1-3H3,(H,14,15)/t10-/m1/s1. The summed E-state index contributed by atoms with van der Waals surface area (Å²) in [7, 11) is 0. The quantitative estimate of drug-likeness (QED) is 0.792. The number of nitrogens with one attached hydrogen (secondary N) is 1. The van der Waals surface area contributed by atoms with Crippen LogP contribution in [-0.2, 0) is 11.3 Å². The molecular weight excluding hydrogens is 190 g/mol. The fraction of sp³-hybridized carbons (Fsp3) is 0.417. The zero-order valence-electron chi connectivity index (χ0n) is 9.37. The average Bonchev–Trinajstić information content (AvgIpc) is 2.16. The van der Waals surface area contributed by atoms with Crippen LogP contribution in [0.4, 0.5) is 0 Å². The van der Waals surface area contributed by atoms with E-state index in [1.54, 1.807) is 6.92 Å². The van der Waals surface area contributed by atoms with E-state index in [-0.39, 0.29) is 0 Å². The largest absolute Gasteiger partial charge is 0.480 e. The first-order valence-electron chi connectivity index (χ1n) is 5.03. The van der Waals surface area contributed by atoms with Gasteiger partial charge in [0, 0.05) is 6.54 Å². The minimum Gasteiger partial charge on any atom is -0.480 e. The van der Waals surface area contributed by atoms with Crippen molar-refractivity contribution < 1.29 is 9.90 Å². The van der Waals surface area contributed by atoms with Gasteiger partial charge in [-0.05, 0) is 37.5 Å². The summed E-state index contributed by atoms with van der Waals surface area (Å²) in [6.07, 6.45) is 0. The normalized spacial score (nSPS) is 12.5. The molecule has 0 radical (unpaired) electrons. The third-order valence-corrected chi connectivity index (χ3v) is 2.60. The van der Waals surface area contributed by atoms with Crippen LogP contribution in [0.25, 0.3) is 0 Å². The molecule has 0 heterocycles. The molecule has 15 heavy (non-hydrogen) atoms. The van der Waals surface area contributed by atoms with Crippen molar-refractivity contribution in [3.63, 3.8) is 0 Å². The Balaban J connectivity index is 2.69. The van der Waals surface area contributed by atoms with Crippen molar-refractivity contribution >= 4 is 5.97 Å². The highest BCUT2D eigenvalue weighted by molar-refractivity contribution is 5.72. The zero-order valence-corrected chi connectivity index (χ0v) is 9.37. The minimum atomic E-state index is -0.818. The molecule has 0 spiro atoms. The van der Waals surface area contributed by atoms with Crippen LogP contribution in [0.1, 0.15) is 23.6 Å². The van der Waals surface area contributed by atoms with Gasteiger partial charge in [-0.1, -0.05) is 18.2 Å². The van der Waals surface area contributed by atoms with Crippen LogP contribution in [0.3, 0.4) is 0 Å². The molecular formula is C12H17NO2. The molecule has 1 aromatic rings. The molecule has 2 N–H and O–H groups in total. The Morgan fingerprint density at radius 3 is 2.40 bits per heavy atom. The Labute approximate surface area is 90.1 Å². The van der Waals surface area contributed by atoms with Crippen LogP contribution in [0.2, 0.25) is 0 Å². The van der Waals surface area contributed by atoms with Gasteiger partial charge in [-0.15, -0.1) is 0 Å². The second-order valence-corrected chi connectivity index (χ2v) is 3.81. The van der Waals surface area contributed by atoms with Crippen molar-refractivity contribution in [2.45, 2.75) is 33.4 Å². The molecule has 0 saturated carbocycles. The maximum absolute atomic E-state index is 10.6. The zero-order chi connectivity index (χ0) is 11.4. The number of hydrogen-bond acceptors (Lipinski definition) is 2. The maximum Gasteiger partial charge on any atom is 0.320 e. The third-order valence-electron chi connectivity index (χ3n) is 2.60. The van der Waals surface area contributed by atoms with Gasteiger partial charge in [0.15, 0.2) is 0 Å². The second-order valence-electron chi connectivity index (χ2n) is 3.81. The van der Waals surface area contributed by atoms with Crippen molar-refractivity contribution in [1.82, 2.24) is 5.32 Å². The molecule has 3 heteroatoms. The van der Waals surface area contributed by atoms with Crippen LogP contribution in [0, 0.1) is 13.8 Å². The van der Waals surface area contributed by atoms with Gasteiger partial charge in [-0.3, -0.25) is 4.79 Å². The number of aliphatic carboxylic acids is 1. The monoisotopic (exact) mass is 207 g/mol. The van der Waals surface area contributed by atoms with E-state index < -0.39 is 12.0 Å². The fourth-order valence-electron chi connectivity index (χ4n) is 1.47. The highest BCUT2D eigenvalue weighted by Gasteiger charge is 2.10. The Hall–Kier alpha value is -1.35. The number of hydrogen-bond donors (Lipinski definition) is 2. The van der Waals surface area contributed by atoms with E-state index in [9.17, 15) is 4.79 Å². The van der Waals surface area contributed by atoms with E-state index in [0.29, 0.717) is 6.54 Å². The highest BCUT2D eigenvalue weighted by atomic mass is 16.4. The van der Waals surface area contributed by atoms with Crippen molar-refractivity contribution in [1.29, 1.82) is 0 Å². The summed E-state index contributed by atoms with van der Waals surface area (Å²) in [5, 5.41) is 11.7. The van der Waals surface area contributed by atoms with Gasteiger partial charge in [0.05, 0.1) is 0 Å². The van der Waals surface area contributed by atoms with E-state index in [4.69, 9.17) is 5.11 Å². The molecule has 1 aromatic carbocycles. The maximum atomic E-state index is 10.6. The molecule has 3 nitrogen and oxygen atoms in total. The molecule has 0 aliphatic carbocycles. The van der Waals surface area contributed by atoms with Gasteiger partial charge >= 0.3 is 5.97 Å². The van der Waals surface area contributed by atoms with Gasteiger partial charge in [0.25, 0.3) is 0 Å². The summed E-state index contributed by atoms with van der Waals surface area (Å²) >= 11 is 0. The van der Waals surface area contributed by atoms with E-state index in [2.05, 4.69) is 5.32 Å². The van der Waals surface area contributed by atoms with E-state index in [1.807, 2.05) is 32.0 Å². The molecule has 0 aromatic heterocycles. The number of aryl methyl sites for hydroxylation is 2. The van der Waals surface area contributed by atoms with Crippen LogP contribution in [-0.4, -0.2) is 17.1 Å². The van der Waals surface area contributed by atoms with Gasteiger partial charge in [-0.2, -0.15) is 0 Å². The first-order chi connectivity index (χ1) is 7.02. The molecule has 0 aliphatic rings. The number of carbonyl (C=O) groups is 1. The number of carboxylic acids is 1. The minimum absolute atomic E-state index is 0.510. The summed E-state index contributed by atoms with van der Waals surface area (Å²) in [4.78, 5) is 10.6. The molecule has 0 saturated heterocycles. The Bertz CT molecular complexity index is 340.